The van der Waals surface area contributed by atoms with Crippen molar-refractivity contribution in [1.82, 2.24) is 15.2 Å². The van der Waals surface area contributed by atoms with Crippen molar-refractivity contribution in [2.75, 3.05) is 13.1 Å². The highest BCUT2D eigenvalue weighted by Gasteiger charge is 2.54. The highest BCUT2D eigenvalue weighted by atomic mass is 32.1. The molecule has 0 bridgehead atoms. The molecule has 1 aliphatic carbocycles. The molecule has 3 heterocycles. The van der Waals surface area contributed by atoms with Gasteiger partial charge in [-0.25, -0.2) is 4.79 Å². The molecule has 4 aromatic rings. The molecule has 2 aromatic carbocycles. The fourth-order valence-corrected chi connectivity index (χ4v) is 6.00. The minimum absolute atomic E-state index is 0.0311. The summed E-state index contributed by atoms with van der Waals surface area (Å²) in [4.78, 5) is 33.5. The third-order valence-corrected chi connectivity index (χ3v) is 7.99. The van der Waals surface area contributed by atoms with Gasteiger partial charge in [0.2, 0.25) is 0 Å². The van der Waals surface area contributed by atoms with Crippen molar-refractivity contribution < 1.29 is 14.3 Å². The number of thiophene rings is 1. The van der Waals surface area contributed by atoms with Gasteiger partial charge in [0, 0.05) is 29.5 Å². The Morgan fingerprint density at radius 1 is 1.11 bits per heavy atom. The number of nitrogens with zero attached hydrogens (tertiary/aromatic N) is 2. The Balaban J connectivity index is 1.15. The number of likely N-dealkylation sites (tertiary alicyclic amines) is 1. The summed E-state index contributed by atoms with van der Waals surface area (Å²) in [7, 11) is 0. The second kappa shape index (κ2) is 8.82. The summed E-state index contributed by atoms with van der Waals surface area (Å²) in [6.45, 7) is 3.16. The first-order valence-electron chi connectivity index (χ1n) is 11.8. The van der Waals surface area contributed by atoms with E-state index in [4.69, 9.17) is 4.74 Å². The number of nitrogens with one attached hydrogen (secondary N) is 1. The topological polar surface area (TPSA) is 71.5 Å². The zero-order valence-corrected chi connectivity index (χ0v) is 20.1. The monoisotopic (exact) mass is 483 g/mol. The van der Waals surface area contributed by atoms with Gasteiger partial charge in [-0.1, -0.05) is 48.0 Å². The van der Waals surface area contributed by atoms with Gasteiger partial charge in [0.15, 0.2) is 5.75 Å². The van der Waals surface area contributed by atoms with Gasteiger partial charge in [0.25, 0.3) is 5.91 Å². The van der Waals surface area contributed by atoms with E-state index in [9.17, 15) is 9.59 Å². The van der Waals surface area contributed by atoms with Crippen LogP contribution in [0.25, 0.3) is 21.3 Å². The first-order valence-corrected chi connectivity index (χ1v) is 12.7. The van der Waals surface area contributed by atoms with E-state index in [2.05, 4.69) is 41.5 Å². The van der Waals surface area contributed by atoms with Gasteiger partial charge in [-0.05, 0) is 54.3 Å². The predicted octanol–water partition coefficient (Wildman–Crippen LogP) is 5.52. The molecule has 2 fully saturated rings. The van der Waals surface area contributed by atoms with E-state index < -0.39 is 6.09 Å². The van der Waals surface area contributed by atoms with E-state index in [0.29, 0.717) is 29.6 Å². The Hall–Kier alpha value is -3.71. The lowest BCUT2D eigenvalue weighted by atomic mass is 10.1. The van der Waals surface area contributed by atoms with Crippen molar-refractivity contribution in [3.05, 3.63) is 83.4 Å². The Kier molecular flexibility index (Phi) is 5.49. The average molecular weight is 484 g/mol. The molecular formula is C28H25N3O3S. The summed E-state index contributed by atoms with van der Waals surface area (Å²) in [6.07, 6.45) is 2.25. The number of amides is 2. The van der Waals surface area contributed by atoms with Crippen LogP contribution >= 0.6 is 11.3 Å². The molecule has 7 heteroatoms. The van der Waals surface area contributed by atoms with Crippen molar-refractivity contribution in [2.24, 2.45) is 11.8 Å². The minimum Gasteiger partial charge on any atom is -0.408 e. The Morgan fingerprint density at radius 2 is 1.94 bits per heavy atom. The number of carbonyl (C=O) groups is 2. The smallest absolute Gasteiger partial charge is 0.408 e. The standard InChI is InChI=1S/C28H25N3O3S/c1-17-7-9-19(10-8-17)26-21(11-13-35-26)27(32)31-16-20-14-22(20)23(31)15-30-28(33)34-24-6-2-4-18-5-3-12-29-25(18)24/h2-13,20,22-23H,14-16H2,1H3,(H,30,33)/t20-,22-,23+/m0/s1. The van der Waals surface area contributed by atoms with Crippen LogP contribution in [-0.2, 0) is 0 Å². The van der Waals surface area contributed by atoms with Crippen LogP contribution in [0.2, 0.25) is 0 Å². The average Bonchev–Trinajstić information content (AvgIpc) is 3.30. The van der Waals surface area contributed by atoms with E-state index >= 15 is 0 Å². The molecule has 2 aliphatic rings. The lowest BCUT2D eigenvalue weighted by Crippen LogP contribution is -2.46. The normalized spacial score (nSPS) is 20.5. The maximum absolute atomic E-state index is 13.6. The second-order valence-corrected chi connectivity index (χ2v) is 10.2. The van der Waals surface area contributed by atoms with Crippen LogP contribution in [0.1, 0.15) is 22.3 Å². The minimum atomic E-state index is -0.532. The van der Waals surface area contributed by atoms with Gasteiger partial charge >= 0.3 is 6.09 Å². The number of piperidine rings is 1. The van der Waals surface area contributed by atoms with Crippen molar-refractivity contribution in [2.45, 2.75) is 19.4 Å². The fourth-order valence-electron chi connectivity index (χ4n) is 5.11. The third kappa shape index (κ3) is 4.17. The molecule has 3 atom stereocenters. The van der Waals surface area contributed by atoms with Crippen molar-refractivity contribution >= 4 is 34.2 Å². The highest BCUT2D eigenvalue weighted by Crippen LogP contribution is 2.50. The van der Waals surface area contributed by atoms with Crippen molar-refractivity contribution in [3.8, 4) is 16.2 Å². The molecule has 1 saturated heterocycles. The van der Waals surface area contributed by atoms with Crippen molar-refractivity contribution in [1.29, 1.82) is 0 Å². The van der Waals surface area contributed by atoms with Gasteiger partial charge in [0.1, 0.15) is 5.52 Å². The number of para-hydroxylation sites is 1. The van der Waals surface area contributed by atoms with E-state index in [1.54, 1.807) is 23.6 Å². The molecule has 0 unspecified atom stereocenters. The number of aromatic nitrogens is 1. The summed E-state index contributed by atoms with van der Waals surface area (Å²) in [5, 5.41) is 5.78. The third-order valence-electron chi connectivity index (χ3n) is 7.03. The summed E-state index contributed by atoms with van der Waals surface area (Å²) >= 11 is 1.59. The van der Waals surface area contributed by atoms with Crippen LogP contribution in [0.15, 0.2) is 72.2 Å². The molecule has 1 N–H and O–H groups in total. The maximum atomic E-state index is 13.6. The van der Waals surface area contributed by atoms with Gasteiger partial charge in [-0.2, -0.15) is 0 Å². The zero-order chi connectivity index (χ0) is 23.9. The van der Waals surface area contributed by atoms with E-state index in [1.807, 2.05) is 40.6 Å². The van der Waals surface area contributed by atoms with Crippen LogP contribution in [-0.4, -0.2) is 41.0 Å². The molecule has 0 radical (unpaired) electrons. The molecule has 1 saturated carbocycles. The number of fused-ring (bicyclic) bond motifs is 2. The number of hydrogen-bond acceptors (Lipinski definition) is 5. The summed E-state index contributed by atoms with van der Waals surface area (Å²) in [5.74, 6) is 1.41. The van der Waals surface area contributed by atoms with Crippen LogP contribution in [0.3, 0.4) is 0 Å². The Morgan fingerprint density at radius 3 is 2.80 bits per heavy atom. The Labute approximate surface area is 207 Å². The van der Waals surface area contributed by atoms with E-state index in [1.165, 1.54) is 5.56 Å². The number of carbonyl (C=O) groups excluding carboxylic acids is 2. The zero-order valence-electron chi connectivity index (χ0n) is 19.3. The molecule has 6 nitrogen and oxygen atoms in total. The molecule has 35 heavy (non-hydrogen) atoms. The van der Waals surface area contributed by atoms with E-state index in [-0.39, 0.29) is 11.9 Å². The molecule has 2 amide bonds. The molecular weight excluding hydrogens is 458 g/mol. The molecule has 6 rings (SSSR count). The highest BCUT2D eigenvalue weighted by molar-refractivity contribution is 7.14. The Bertz CT molecular complexity index is 1410. The van der Waals surface area contributed by atoms with Gasteiger partial charge in [0.05, 0.1) is 11.6 Å². The van der Waals surface area contributed by atoms with Crippen molar-refractivity contribution in [3.63, 3.8) is 0 Å². The number of ether oxygens (including phenoxy) is 1. The summed E-state index contributed by atoms with van der Waals surface area (Å²) in [5.41, 5.74) is 3.62. The van der Waals surface area contributed by atoms with Crippen LogP contribution in [0.4, 0.5) is 4.79 Å². The van der Waals surface area contributed by atoms with Gasteiger partial charge < -0.3 is 15.0 Å². The fraction of sp³-hybridized carbons (Fsp3) is 0.250. The molecule has 2 aromatic heterocycles. The quantitative estimate of drug-likeness (QED) is 0.406. The second-order valence-electron chi connectivity index (χ2n) is 9.32. The van der Waals surface area contributed by atoms with Crippen LogP contribution in [0.5, 0.6) is 5.75 Å². The number of rotatable bonds is 5. The largest absolute Gasteiger partial charge is 0.412 e. The molecule has 1 aliphatic heterocycles. The summed E-state index contributed by atoms with van der Waals surface area (Å²) in [6, 6.07) is 19.4. The van der Waals surface area contributed by atoms with Gasteiger partial charge in [-0.3, -0.25) is 9.78 Å². The van der Waals surface area contributed by atoms with Gasteiger partial charge in [-0.15, -0.1) is 11.3 Å². The first-order chi connectivity index (χ1) is 17.1. The van der Waals surface area contributed by atoms with E-state index in [0.717, 1.165) is 34.4 Å². The predicted molar refractivity (Wildman–Crippen MR) is 137 cm³/mol. The first kappa shape index (κ1) is 21.8. The molecule has 0 spiro atoms. The van der Waals surface area contributed by atoms with Crippen LogP contribution < -0.4 is 10.1 Å². The lowest BCUT2D eigenvalue weighted by molar-refractivity contribution is 0.0706. The summed E-state index contributed by atoms with van der Waals surface area (Å²) < 4.78 is 5.58. The van der Waals surface area contributed by atoms with Crippen LogP contribution in [0, 0.1) is 18.8 Å². The number of pyridine rings is 1. The SMILES string of the molecule is Cc1ccc(-c2sccc2C(=O)N2C[C@@H]3C[C@@H]3[C@H]2CNC(=O)Oc2cccc3cccnc23)cc1. The maximum Gasteiger partial charge on any atom is 0.412 e. The number of aryl methyl sites for hydroxylation is 1. The number of hydrogen-bond donors (Lipinski definition) is 1. The molecule has 176 valence electrons. The lowest BCUT2D eigenvalue weighted by Gasteiger charge is -2.28. The number of benzene rings is 2.